The number of benzene rings is 2. The molecule has 0 bridgehead atoms. The van der Waals surface area contributed by atoms with Gasteiger partial charge < -0.3 is 15.2 Å². The lowest BCUT2D eigenvalue weighted by atomic mass is 9.96. The van der Waals surface area contributed by atoms with E-state index in [-0.39, 0.29) is 12.1 Å². The Morgan fingerprint density at radius 1 is 1.10 bits per heavy atom. The fraction of sp³-hybridized carbons (Fsp3) is 0.333. The number of ether oxygens (including phenoxy) is 1. The van der Waals surface area contributed by atoms with Crippen molar-refractivity contribution in [2.75, 3.05) is 7.11 Å². The van der Waals surface area contributed by atoms with Crippen molar-refractivity contribution in [1.29, 1.82) is 0 Å². The van der Waals surface area contributed by atoms with Crippen LogP contribution in [0.25, 0.3) is 0 Å². The van der Waals surface area contributed by atoms with Crippen LogP contribution in [-0.4, -0.2) is 24.1 Å². The monoisotopic (exact) mass is 409 g/mol. The lowest BCUT2D eigenvalue weighted by Crippen LogP contribution is -2.23. The highest BCUT2D eigenvalue weighted by molar-refractivity contribution is 5.97. The van der Waals surface area contributed by atoms with E-state index in [0.29, 0.717) is 24.2 Å². The fourth-order valence-corrected chi connectivity index (χ4v) is 2.83. The largest absolute Gasteiger partial charge is 0.496 e. The predicted molar refractivity (Wildman–Crippen MR) is 101 cm³/mol. The number of carboxylic acids is 1. The summed E-state index contributed by atoms with van der Waals surface area (Å²) in [6.45, 7) is 1.85. The molecule has 8 heteroatoms. The van der Waals surface area contributed by atoms with Crippen LogP contribution in [0.5, 0.6) is 5.75 Å². The Morgan fingerprint density at radius 2 is 1.72 bits per heavy atom. The van der Waals surface area contributed by atoms with Gasteiger partial charge in [-0.25, -0.2) is 0 Å². The normalized spacial score (nSPS) is 12.3. The summed E-state index contributed by atoms with van der Waals surface area (Å²) in [5.41, 5.74) is 0.757. The van der Waals surface area contributed by atoms with E-state index in [1.165, 1.54) is 19.2 Å². The first-order valence-corrected chi connectivity index (χ1v) is 8.99. The Bertz CT molecular complexity index is 863. The van der Waals surface area contributed by atoms with Crippen molar-refractivity contribution in [2.24, 2.45) is 5.92 Å². The molecule has 0 radical (unpaired) electrons. The molecule has 0 saturated heterocycles. The van der Waals surface area contributed by atoms with E-state index in [9.17, 15) is 27.9 Å². The molecule has 0 aliphatic heterocycles. The number of carboxylic acid groups (broad SMARTS) is 1. The van der Waals surface area contributed by atoms with Gasteiger partial charge in [0.2, 0.25) is 0 Å². The number of amides is 1. The number of methoxy groups -OCH3 is 1. The number of hydrogen-bond donors (Lipinski definition) is 2. The minimum absolute atomic E-state index is 0.0544. The molecule has 2 rings (SSSR count). The standard InChI is InChI=1S/C21H22F3NO4/c1-3-15(20(27)28)10-14-6-9-17(18(11-14)29-2)19(26)25-12-13-4-7-16(8-5-13)21(22,23)24/h4-9,11,15H,3,10,12H2,1-2H3,(H,25,26)(H,27,28). The number of nitrogens with one attached hydrogen (secondary N) is 1. The van der Waals surface area contributed by atoms with Gasteiger partial charge in [-0.3, -0.25) is 9.59 Å². The molecule has 0 fully saturated rings. The number of carbonyl (C=O) groups excluding carboxylic acids is 1. The third-order valence-corrected chi connectivity index (χ3v) is 4.57. The van der Waals surface area contributed by atoms with Gasteiger partial charge in [0, 0.05) is 6.54 Å². The Balaban J connectivity index is 2.07. The maximum Gasteiger partial charge on any atom is 0.416 e. The first-order valence-electron chi connectivity index (χ1n) is 8.99. The summed E-state index contributed by atoms with van der Waals surface area (Å²) in [5, 5.41) is 11.8. The third kappa shape index (κ3) is 5.97. The maximum absolute atomic E-state index is 12.6. The molecular formula is C21H22F3NO4. The average molecular weight is 409 g/mol. The van der Waals surface area contributed by atoms with Crippen molar-refractivity contribution in [1.82, 2.24) is 5.32 Å². The second kappa shape index (κ2) is 9.45. The molecule has 1 atom stereocenters. The van der Waals surface area contributed by atoms with Crippen LogP contribution in [0.15, 0.2) is 42.5 Å². The molecule has 2 N–H and O–H groups in total. The molecule has 2 aromatic carbocycles. The van der Waals surface area contributed by atoms with Crippen molar-refractivity contribution >= 4 is 11.9 Å². The quantitative estimate of drug-likeness (QED) is 0.682. The van der Waals surface area contributed by atoms with Gasteiger partial charge in [-0.2, -0.15) is 13.2 Å². The molecule has 0 aliphatic carbocycles. The van der Waals surface area contributed by atoms with Crippen LogP contribution in [-0.2, 0) is 23.9 Å². The highest BCUT2D eigenvalue weighted by Gasteiger charge is 2.29. The molecule has 29 heavy (non-hydrogen) atoms. The average Bonchev–Trinajstić information content (AvgIpc) is 2.69. The van der Waals surface area contributed by atoms with E-state index in [1.807, 2.05) is 0 Å². The first kappa shape index (κ1) is 22.3. The van der Waals surface area contributed by atoms with Gasteiger partial charge >= 0.3 is 12.1 Å². The highest BCUT2D eigenvalue weighted by atomic mass is 19.4. The zero-order valence-corrected chi connectivity index (χ0v) is 16.0. The molecule has 0 aliphatic rings. The van der Waals surface area contributed by atoms with E-state index in [0.717, 1.165) is 17.7 Å². The van der Waals surface area contributed by atoms with Crippen molar-refractivity contribution < 1.29 is 32.6 Å². The predicted octanol–water partition coefficient (Wildman–Crippen LogP) is 4.30. The highest BCUT2D eigenvalue weighted by Crippen LogP contribution is 2.29. The van der Waals surface area contributed by atoms with E-state index in [1.54, 1.807) is 25.1 Å². The van der Waals surface area contributed by atoms with Gasteiger partial charge in [-0.05, 0) is 48.2 Å². The maximum atomic E-state index is 12.6. The van der Waals surface area contributed by atoms with Crippen LogP contribution < -0.4 is 10.1 Å². The van der Waals surface area contributed by atoms with E-state index < -0.39 is 29.5 Å². The summed E-state index contributed by atoms with van der Waals surface area (Å²) >= 11 is 0. The summed E-state index contributed by atoms with van der Waals surface area (Å²) in [6, 6.07) is 9.37. The second-order valence-electron chi connectivity index (χ2n) is 6.56. The molecule has 0 saturated carbocycles. The van der Waals surface area contributed by atoms with E-state index in [2.05, 4.69) is 5.32 Å². The minimum Gasteiger partial charge on any atom is -0.496 e. The number of hydrogen-bond acceptors (Lipinski definition) is 3. The molecule has 5 nitrogen and oxygen atoms in total. The van der Waals surface area contributed by atoms with Gasteiger partial charge in [0.15, 0.2) is 0 Å². The molecular weight excluding hydrogens is 387 g/mol. The molecule has 0 spiro atoms. The summed E-state index contributed by atoms with van der Waals surface area (Å²) in [6.07, 6.45) is -3.61. The van der Waals surface area contributed by atoms with Crippen LogP contribution in [0.2, 0.25) is 0 Å². The number of rotatable bonds is 8. The topological polar surface area (TPSA) is 75.6 Å². The summed E-state index contributed by atoms with van der Waals surface area (Å²) in [7, 11) is 1.40. The van der Waals surface area contributed by atoms with Gasteiger partial charge in [0.05, 0.1) is 24.2 Å². The van der Waals surface area contributed by atoms with E-state index >= 15 is 0 Å². The van der Waals surface area contributed by atoms with Gasteiger partial charge in [0.1, 0.15) is 5.75 Å². The SMILES string of the molecule is CCC(Cc1ccc(C(=O)NCc2ccc(C(F)(F)F)cc2)c(OC)c1)C(=O)O. The number of aliphatic carboxylic acids is 1. The second-order valence-corrected chi connectivity index (χ2v) is 6.56. The van der Waals surface area contributed by atoms with Crippen molar-refractivity contribution in [2.45, 2.75) is 32.5 Å². The zero-order valence-electron chi connectivity index (χ0n) is 16.0. The van der Waals surface area contributed by atoms with Crippen LogP contribution in [0, 0.1) is 5.92 Å². The molecule has 0 aromatic heterocycles. The van der Waals surface area contributed by atoms with E-state index in [4.69, 9.17) is 4.74 Å². The van der Waals surface area contributed by atoms with Crippen LogP contribution >= 0.6 is 0 Å². The Labute approximate surface area is 166 Å². The smallest absolute Gasteiger partial charge is 0.416 e. The lowest BCUT2D eigenvalue weighted by Gasteiger charge is -2.14. The Kier molecular flexibility index (Phi) is 7.25. The van der Waals surface area contributed by atoms with Crippen LogP contribution in [0.1, 0.15) is 40.4 Å². The third-order valence-electron chi connectivity index (χ3n) is 4.57. The molecule has 2 aromatic rings. The summed E-state index contributed by atoms with van der Waals surface area (Å²) in [5.74, 6) is -1.56. The van der Waals surface area contributed by atoms with Crippen LogP contribution in [0.3, 0.4) is 0 Å². The summed E-state index contributed by atoms with van der Waals surface area (Å²) < 4.78 is 43.1. The Hall–Kier alpha value is -3.03. The molecule has 1 unspecified atom stereocenters. The van der Waals surface area contributed by atoms with Crippen molar-refractivity contribution in [3.8, 4) is 5.75 Å². The number of halogens is 3. The minimum atomic E-state index is -4.41. The number of alkyl halides is 3. The van der Waals surface area contributed by atoms with Crippen LogP contribution in [0.4, 0.5) is 13.2 Å². The van der Waals surface area contributed by atoms with Gasteiger partial charge in [0.25, 0.3) is 5.91 Å². The summed E-state index contributed by atoms with van der Waals surface area (Å²) in [4.78, 5) is 23.7. The lowest BCUT2D eigenvalue weighted by molar-refractivity contribution is -0.141. The fourth-order valence-electron chi connectivity index (χ4n) is 2.83. The van der Waals surface area contributed by atoms with Crippen molar-refractivity contribution in [3.63, 3.8) is 0 Å². The zero-order chi connectivity index (χ0) is 21.6. The van der Waals surface area contributed by atoms with Gasteiger partial charge in [-0.1, -0.05) is 25.1 Å². The Morgan fingerprint density at radius 3 is 2.24 bits per heavy atom. The molecule has 0 heterocycles. The van der Waals surface area contributed by atoms with Crippen molar-refractivity contribution in [3.05, 3.63) is 64.7 Å². The molecule has 1 amide bonds. The first-order chi connectivity index (χ1) is 13.7. The van der Waals surface area contributed by atoms with Gasteiger partial charge in [-0.15, -0.1) is 0 Å². The number of carbonyl (C=O) groups is 2. The molecule has 156 valence electrons.